The van der Waals surface area contributed by atoms with Crippen LogP contribution in [-0.4, -0.2) is 9.97 Å². The van der Waals surface area contributed by atoms with Crippen LogP contribution in [0.4, 0.5) is 0 Å². The molecule has 0 N–H and O–H groups in total. The zero-order chi connectivity index (χ0) is 31.8. The molecule has 0 aliphatic rings. The van der Waals surface area contributed by atoms with E-state index in [2.05, 4.69) is 137 Å². The van der Waals surface area contributed by atoms with Crippen molar-refractivity contribution in [2.75, 3.05) is 0 Å². The fraction of sp³-hybridized carbons (Fsp3) is 0.317. The molecular weight excluding hydrogens is 520 g/mol. The van der Waals surface area contributed by atoms with E-state index < -0.39 is 0 Å². The van der Waals surface area contributed by atoms with Gasteiger partial charge in [0.1, 0.15) is 0 Å². The van der Waals surface area contributed by atoms with Gasteiger partial charge in [0.15, 0.2) is 0 Å². The Hall–Kier alpha value is -4.04. The van der Waals surface area contributed by atoms with E-state index in [1.807, 2.05) is 42.6 Å². The molecule has 0 unspecified atom stereocenters. The number of aromatic nitrogens is 2. The van der Waals surface area contributed by atoms with Crippen LogP contribution in [0.3, 0.4) is 0 Å². The van der Waals surface area contributed by atoms with Crippen LogP contribution in [-0.2, 0) is 0 Å². The minimum absolute atomic E-state index is 0.142. The summed E-state index contributed by atoms with van der Waals surface area (Å²) < 4.78 is 0. The molecule has 0 bridgehead atoms. The van der Waals surface area contributed by atoms with Crippen molar-refractivity contribution in [2.24, 2.45) is 10.8 Å². The number of fused-ring (bicyclic) bond motifs is 1. The van der Waals surface area contributed by atoms with E-state index in [-0.39, 0.29) is 10.8 Å². The maximum Gasteiger partial charge on any atom is 0.0975 e. The zero-order valence-corrected chi connectivity index (χ0v) is 28.2. The molecule has 0 aliphatic heterocycles. The van der Waals surface area contributed by atoms with E-state index in [1.165, 1.54) is 27.9 Å². The molecule has 0 spiro atoms. The molecule has 0 saturated carbocycles. The number of aryl methyl sites for hydroxylation is 1. The average Bonchev–Trinajstić information content (AvgIpc) is 2.97. The summed E-state index contributed by atoms with van der Waals surface area (Å²) in [5.41, 5.74) is 12.7. The largest absolute Gasteiger partial charge is 0.252 e. The molecular formula is C41H50N2. The lowest BCUT2D eigenvalue weighted by molar-refractivity contribution is 0.504. The predicted molar refractivity (Wildman–Crippen MR) is 190 cm³/mol. The quantitative estimate of drug-likeness (QED) is 0.223. The predicted octanol–water partition coefficient (Wildman–Crippen LogP) is 12.1. The molecule has 0 radical (unpaired) electrons. The van der Waals surface area contributed by atoms with Gasteiger partial charge in [0.2, 0.25) is 0 Å². The average molecular weight is 571 g/mol. The Labute approximate surface area is 261 Å². The molecule has 0 fully saturated rings. The summed E-state index contributed by atoms with van der Waals surface area (Å²) in [6.07, 6.45) is 10.8. The first kappa shape index (κ1) is 33.5. The Balaban J connectivity index is 0.000000633. The Morgan fingerprint density at radius 2 is 1.00 bits per heavy atom. The summed E-state index contributed by atoms with van der Waals surface area (Å²) in [6, 6.07) is 24.9. The van der Waals surface area contributed by atoms with Crippen molar-refractivity contribution < 1.29 is 0 Å². The Morgan fingerprint density at radius 1 is 0.558 bits per heavy atom. The summed E-state index contributed by atoms with van der Waals surface area (Å²) in [7, 11) is 0. The van der Waals surface area contributed by atoms with Crippen molar-refractivity contribution in [2.45, 2.75) is 76.2 Å². The number of benzene rings is 3. The van der Waals surface area contributed by atoms with Crippen molar-refractivity contribution in [3.8, 4) is 11.3 Å². The first-order chi connectivity index (χ1) is 20.2. The van der Waals surface area contributed by atoms with E-state index in [1.54, 1.807) is 0 Å². The van der Waals surface area contributed by atoms with Gasteiger partial charge in [-0.1, -0.05) is 155 Å². The van der Waals surface area contributed by atoms with Gasteiger partial charge in [0, 0.05) is 16.7 Å². The number of nitrogens with zero attached hydrogens (tertiary/aromatic N) is 2. The lowest BCUT2D eigenvalue weighted by atomic mass is 9.87. The Bertz CT molecular complexity index is 1640. The van der Waals surface area contributed by atoms with Crippen LogP contribution in [0, 0.1) is 17.8 Å². The van der Waals surface area contributed by atoms with Gasteiger partial charge in [0.05, 0.1) is 22.9 Å². The number of hydrogen-bond donors (Lipinski definition) is 0. The van der Waals surface area contributed by atoms with Crippen LogP contribution in [0.5, 0.6) is 0 Å². The highest BCUT2D eigenvalue weighted by Crippen LogP contribution is 2.32. The summed E-state index contributed by atoms with van der Waals surface area (Å²) in [5.74, 6) is 0. The second-order valence-electron chi connectivity index (χ2n) is 13.5. The molecule has 0 aliphatic carbocycles. The van der Waals surface area contributed by atoms with Crippen molar-refractivity contribution in [3.05, 3.63) is 131 Å². The fourth-order valence-electron chi connectivity index (χ4n) is 4.20. The van der Waals surface area contributed by atoms with E-state index in [0.717, 1.165) is 33.4 Å². The third-order valence-electron chi connectivity index (χ3n) is 8.09. The van der Waals surface area contributed by atoms with Gasteiger partial charge in [-0.2, -0.15) is 0 Å². The minimum Gasteiger partial charge on any atom is -0.252 e. The third kappa shape index (κ3) is 9.48. The van der Waals surface area contributed by atoms with Gasteiger partial charge in [-0.3, -0.25) is 4.98 Å². The van der Waals surface area contributed by atoms with Crippen molar-refractivity contribution in [1.82, 2.24) is 9.97 Å². The smallest absolute Gasteiger partial charge is 0.0975 e. The molecule has 43 heavy (non-hydrogen) atoms. The molecule has 3 aromatic carbocycles. The molecule has 0 amide bonds. The highest BCUT2D eigenvalue weighted by atomic mass is 14.8. The number of hydrogen-bond acceptors (Lipinski definition) is 2. The molecule has 1 aromatic heterocycles. The molecule has 4 aromatic rings. The highest BCUT2D eigenvalue weighted by molar-refractivity contribution is 5.96. The van der Waals surface area contributed by atoms with Crippen LogP contribution in [0.25, 0.3) is 33.4 Å². The zero-order valence-electron chi connectivity index (χ0n) is 28.2. The van der Waals surface area contributed by atoms with Gasteiger partial charge in [-0.15, -0.1) is 0 Å². The maximum absolute atomic E-state index is 5.15. The molecule has 0 atom stereocenters. The summed E-state index contributed by atoms with van der Waals surface area (Å²) in [4.78, 5) is 10.1. The lowest BCUT2D eigenvalue weighted by Crippen LogP contribution is -2.05. The molecule has 1 heterocycles. The summed E-state index contributed by atoms with van der Waals surface area (Å²) in [5, 5.41) is 0. The van der Waals surface area contributed by atoms with Crippen molar-refractivity contribution in [3.63, 3.8) is 0 Å². The molecule has 4 rings (SSSR count). The van der Waals surface area contributed by atoms with Crippen LogP contribution in [0.1, 0.15) is 85.9 Å². The second-order valence-corrected chi connectivity index (χ2v) is 13.5. The summed E-state index contributed by atoms with van der Waals surface area (Å²) >= 11 is 0. The van der Waals surface area contributed by atoms with Crippen LogP contribution in [0.2, 0.25) is 0 Å². The fourth-order valence-corrected chi connectivity index (χ4v) is 4.20. The van der Waals surface area contributed by atoms with Crippen LogP contribution in [0.15, 0.2) is 114 Å². The van der Waals surface area contributed by atoms with Gasteiger partial charge in [-0.05, 0) is 56.6 Å². The van der Waals surface area contributed by atoms with Crippen LogP contribution < -0.4 is 0 Å². The van der Waals surface area contributed by atoms with Gasteiger partial charge < -0.3 is 0 Å². The van der Waals surface area contributed by atoms with Gasteiger partial charge in [0.25, 0.3) is 0 Å². The standard InChI is InChI=1S/C34H42N2.C7H8/c1-23(16-18-25(3)33(5,6)7)28-20-21-29(24(2)17-19-26(4)34(8,9)10)32-31(28)35-22-30(36-32)27-14-12-11-13-15-27;1-7-5-3-2-4-6-7/h11-22H,1-10H3;2-6H,1H3/b23-16+,24-17+,25-18+,26-19+;. The highest BCUT2D eigenvalue weighted by Gasteiger charge is 2.15. The monoisotopic (exact) mass is 570 g/mol. The van der Waals surface area contributed by atoms with E-state index in [9.17, 15) is 0 Å². The Kier molecular flexibility index (Phi) is 11.2. The third-order valence-corrected chi connectivity index (χ3v) is 8.09. The van der Waals surface area contributed by atoms with Gasteiger partial charge in [-0.25, -0.2) is 4.98 Å². The molecule has 2 nitrogen and oxygen atoms in total. The topological polar surface area (TPSA) is 25.8 Å². The maximum atomic E-state index is 5.15. The van der Waals surface area contributed by atoms with Gasteiger partial charge >= 0.3 is 0 Å². The SMILES string of the molecule is C/C(=C\C=C(/C)C(C)(C)C)c1ccc(/C(C)=C/C=C(\C)C(C)(C)C)c2nc(-c3ccccc3)cnc12.Cc1ccccc1. The van der Waals surface area contributed by atoms with Crippen molar-refractivity contribution >= 4 is 22.2 Å². The Morgan fingerprint density at radius 3 is 1.42 bits per heavy atom. The normalized spacial score (nSPS) is 13.6. The first-order valence-electron chi connectivity index (χ1n) is 15.3. The summed E-state index contributed by atoms with van der Waals surface area (Å²) in [6.45, 7) is 24.3. The second kappa shape index (κ2) is 14.4. The first-order valence-corrected chi connectivity index (χ1v) is 15.3. The van der Waals surface area contributed by atoms with E-state index in [0.29, 0.717) is 0 Å². The number of allylic oxidation sites excluding steroid dienone is 8. The minimum atomic E-state index is 0.142. The molecule has 0 saturated heterocycles. The van der Waals surface area contributed by atoms with Crippen LogP contribution >= 0.6 is 0 Å². The van der Waals surface area contributed by atoms with Crippen molar-refractivity contribution in [1.29, 1.82) is 0 Å². The molecule has 2 heteroatoms. The lowest BCUT2D eigenvalue weighted by Gasteiger charge is -2.19. The van der Waals surface area contributed by atoms with E-state index >= 15 is 0 Å². The number of rotatable bonds is 5. The molecule has 224 valence electrons. The van der Waals surface area contributed by atoms with E-state index in [4.69, 9.17) is 9.97 Å².